The van der Waals surface area contributed by atoms with E-state index < -0.39 is 0 Å². The number of hydrogen-bond acceptors (Lipinski definition) is 7. The number of rotatable bonds is 14. The molecule has 2 aromatic carbocycles. The van der Waals surface area contributed by atoms with E-state index in [1.807, 2.05) is 18.2 Å². The molecule has 4 rings (SSSR count). The van der Waals surface area contributed by atoms with Crippen LogP contribution in [0.2, 0.25) is 0 Å². The highest BCUT2D eigenvalue weighted by Crippen LogP contribution is 2.31. The number of likely N-dealkylation sites (tertiary alicyclic amines) is 1. The highest BCUT2D eigenvalue weighted by atomic mass is 16.6. The second-order valence-electron chi connectivity index (χ2n) is 10.2. The van der Waals surface area contributed by atoms with Crippen LogP contribution in [0.25, 0.3) is 0 Å². The monoisotopic (exact) mass is 523 g/mol. The minimum Gasteiger partial charge on any atom is -0.497 e. The van der Waals surface area contributed by atoms with E-state index in [1.54, 1.807) is 31.4 Å². The van der Waals surface area contributed by atoms with E-state index >= 15 is 0 Å². The maximum atomic E-state index is 13.0. The van der Waals surface area contributed by atoms with E-state index in [9.17, 15) is 9.59 Å². The molecule has 1 saturated heterocycles. The lowest BCUT2D eigenvalue weighted by molar-refractivity contribution is -0.134. The van der Waals surface area contributed by atoms with Gasteiger partial charge in [-0.1, -0.05) is 12.5 Å². The third kappa shape index (κ3) is 7.95. The number of carbonyl (C=O) groups is 2. The normalized spacial score (nSPS) is 15.7. The van der Waals surface area contributed by atoms with Crippen LogP contribution < -0.4 is 20.1 Å². The Bertz CT molecular complexity index is 1050. The number of hydrogen-bond donors (Lipinski definition) is 1. The van der Waals surface area contributed by atoms with Crippen molar-refractivity contribution in [3.63, 3.8) is 0 Å². The van der Waals surface area contributed by atoms with Crippen molar-refractivity contribution in [2.75, 3.05) is 40.0 Å². The van der Waals surface area contributed by atoms with E-state index in [1.165, 1.54) is 17.9 Å². The van der Waals surface area contributed by atoms with Crippen LogP contribution in [0.1, 0.15) is 67.3 Å². The van der Waals surface area contributed by atoms with Gasteiger partial charge >= 0.3 is 0 Å². The first-order valence-electron chi connectivity index (χ1n) is 13.9. The lowest BCUT2D eigenvalue weighted by Crippen LogP contribution is -2.48. The number of fused-ring (bicyclic) bond motifs is 1. The lowest BCUT2D eigenvalue weighted by Gasteiger charge is -2.30. The second kappa shape index (κ2) is 14.2. The number of ketones is 1. The Morgan fingerprint density at radius 1 is 0.974 bits per heavy atom. The molecule has 1 atom stereocenters. The van der Waals surface area contributed by atoms with Gasteiger partial charge in [-0.3, -0.25) is 14.6 Å². The van der Waals surface area contributed by atoms with Crippen molar-refractivity contribution < 1.29 is 23.8 Å². The van der Waals surface area contributed by atoms with Crippen LogP contribution in [0.5, 0.6) is 17.2 Å². The molecule has 0 aliphatic carbocycles. The van der Waals surface area contributed by atoms with E-state index in [2.05, 4.69) is 4.90 Å². The fourth-order valence-electron chi connectivity index (χ4n) is 5.16. The number of nitrogens with zero attached hydrogens (tertiary/aromatic N) is 2. The zero-order chi connectivity index (χ0) is 26.7. The van der Waals surface area contributed by atoms with Crippen LogP contribution in [0.3, 0.4) is 0 Å². The molecule has 8 nitrogen and oxygen atoms in total. The summed E-state index contributed by atoms with van der Waals surface area (Å²) >= 11 is 0. The molecule has 8 heteroatoms. The number of methoxy groups -OCH3 is 1. The third-order valence-corrected chi connectivity index (χ3v) is 7.44. The number of amides is 1. The molecule has 206 valence electrons. The molecule has 2 aliphatic rings. The summed E-state index contributed by atoms with van der Waals surface area (Å²) in [4.78, 5) is 27.9. The van der Waals surface area contributed by atoms with Gasteiger partial charge in [-0.25, -0.2) is 5.84 Å². The molecular formula is C30H41N3O5. The van der Waals surface area contributed by atoms with Crippen molar-refractivity contribution in [1.82, 2.24) is 9.91 Å². The van der Waals surface area contributed by atoms with Gasteiger partial charge in [0.05, 0.1) is 13.2 Å². The summed E-state index contributed by atoms with van der Waals surface area (Å²) in [5.41, 5.74) is 1.77. The van der Waals surface area contributed by atoms with E-state index in [0.29, 0.717) is 44.5 Å². The van der Waals surface area contributed by atoms with Crippen LogP contribution in [0, 0.1) is 0 Å². The summed E-state index contributed by atoms with van der Waals surface area (Å²) in [6.45, 7) is 4.27. The first-order chi connectivity index (χ1) is 18.5. The Morgan fingerprint density at radius 3 is 2.42 bits per heavy atom. The Morgan fingerprint density at radius 2 is 1.68 bits per heavy atom. The average molecular weight is 524 g/mol. The number of nitrogens with two attached hydrogens (primary N) is 1. The fraction of sp³-hybridized carbons (Fsp3) is 0.533. The largest absolute Gasteiger partial charge is 0.497 e. The molecule has 0 unspecified atom stereocenters. The van der Waals surface area contributed by atoms with Gasteiger partial charge in [0.25, 0.3) is 0 Å². The summed E-state index contributed by atoms with van der Waals surface area (Å²) in [6.07, 6.45) is 7.09. The standard InChI is InChI=1S/C30H41N3O5/c1-36-26-12-10-24(11-13-26)27(34)7-3-2-4-8-30(35)33(31)25(15-18-32-16-5-6-17-32)21-23-9-14-28-29(22-23)38-20-19-37-28/h9-14,22,25H,2-8,15-21,31H2,1H3/t25-/m1/s1. The van der Waals surface area contributed by atoms with Crippen LogP contribution in [0.4, 0.5) is 0 Å². The van der Waals surface area contributed by atoms with Crippen molar-refractivity contribution in [3.8, 4) is 17.2 Å². The molecule has 38 heavy (non-hydrogen) atoms. The number of hydrazine groups is 1. The van der Waals surface area contributed by atoms with E-state index in [-0.39, 0.29) is 17.7 Å². The lowest BCUT2D eigenvalue weighted by atomic mass is 10.0. The number of unbranched alkanes of at least 4 members (excludes halogenated alkanes) is 2. The summed E-state index contributed by atoms with van der Waals surface area (Å²) in [5.74, 6) is 8.76. The molecule has 0 bridgehead atoms. The van der Waals surface area contributed by atoms with E-state index in [0.717, 1.165) is 61.7 Å². The SMILES string of the molecule is COc1ccc(C(=O)CCCCCC(=O)N(N)[C@H](CCN2CCCC2)Cc2ccc3c(c2)OCCO3)cc1. The zero-order valence-corrected chi connectivity index (χ0v) is 22.5. The second-order valence-corrected chi connectivity index (χ2v) is 10.2. The summed E-state index contributed by atoms with van der Waals surface area (Å²) in [7, 11) is 1.61. The van der Waals surface area contributed by atoms with Crippen LogP contribution in [-0.2, 0) is 11.2 Å². The van der Waals surface area contributed by atoms with Crippen LogP contribution in [-0.4, -0.2) is 67.6 Å². The number of Topliss-reactive ketones (excluding diaryl/α,β-unsaturated/α-hetero) is 1. The summed E-state index contributed by atoms with van der Waals surface area (Å²) in [5, 5.41) is 1.45. The van der Waals surface area contributed by atoms with Crippen molar-refractivity contribution in [1.29, 1.82) is 0 Å². The minimum atomic E-state index is -0.0951. The van der Waals surface area contributed by atoms with Crippen LogP contribution in [0.15, 0.2) is 42.5 Å². The predicted molar refractivity (Wildman–Crippen MR) is 147 cm³/mol. The third-order valence-electron chi connectivity index (χ3n) is 7.44. The van der Waals surface area contributed by atoms with Gasteiger partial charge in [0, 0.05) is 24.9 Å². The molecule has 1 amide bonds. The van der Waals surface area contributed by atoms with Crippen molar-refractivity contribution >= 4 is 11.7 Å². The van der Waals surface area contributed by atoms with Crippen LogP contribution >= 0.6 is 0 Å². The Balaban J connectivity index is 1.26. The number of benzene rings is 2. The highest BCUT2D eigenvalue weighted by molar-refractivity contribution is 5.96. The van der Waals surface area contributed by atoms with Gasteiger partial charge in [-0.2, -0.15) is 0 Å². The first kappa shape index (κ1) is 27.9. The molecule has 2 heterocycles. The summed E-state index contributed by atoms with van der Waals surface area (Å²) in [6, 6.07) is 13.1. The molecule has 1 fully saturated rings. The predicted octanol–water partition coefficient (Wildman–Crippen LogP) is 4.40. The van der Waals surface area contributed by atoms with Crippen molar-refractivity contribution in [2.45, 2.75) is 63.8 Å². The average Bonchev–Trinajstić information content (AvgIpc) is 3.48. The smallest absolute Gasteiger partial charge is 0.236 e. The summed E-state index contributed by atoms with van der Waals surface area (Å²) < 4.78 is 16.5. The zero-order valence-electron chi connectivity index (χ0n) is 22.5. The Hall–Kier alpha value is -3.10. The van der Waals surface area contributed by atoms with Crippen molar-refractivity contribution in [3.05, 3.63) is 53.6 Å². The van der Waals surface area contributed by atoms with Gasteiger partial charge < -0.3 is 19.1 Å². The van der Waals surface area contributed by atoms with Crippen molar-refractivity contribution in [2.24, 2.45) is 5.84 Å². The fourth-order valence-corrected chi connectivity index (χ4v) is 5.16. The maximum Gasteiger partial charge on any atom is 0.236 e. The molecule has 2 N–H and O–H groups in total. The molecule has 0 spiro atoms. The topological polar surface area (TPSA) is 94.3 Å². The highest BCUT2D eigenvalue weighted by Gasteiger charge is 2.24. The minimum absolute atomic E-state index is 0.0459. The maximum absolute atomic E-state index is 13.0. The Labute approximate surface area is 226 Å². The molecule has 0 saturated carbocycles. The van der Waals surface area contributed by atoms with Gasteiger partial charge in [-0.15, -0.1) is 0 Å². The molecule has 2 aromatic rings. The van der Waals surface area contributed by atoms with Gasteiger partial charge in [-0.05, 0) is 93.6 Å². The van der Waals surface area contributed by atoms with Gasteiger partial charge in [0.2, 0.25) is 5.91 Å². The van der Waals surface area contributed by atoms with E-state index in [4.69, 9.17) is 20.1 Å². The number of carbonyl (C=O) groups excluding carboxylic acids is 2. The molecule has 0 aromatic heterocycles. The Kier molecular flexibility index (Phi) is 10.4. The van der Waals surface area contributed by atoms with Gasteiger partial charge in [0.15, 0.2) is 17.3 Å². The number of ether oxygens (including phenoxy) is 3. The quantitative estimate of drug-likeness (QED) is 0.129. The van der Waals surface area contributed by atoms with Gasteiger partial charge in [0.1, 0.15) is 19.0 Å². The molecule has 2 aliphatic heterocycles. The molecular weight excluding hydrogens is 482 g/mol. The molecule has 0 radical (unpaired) electrons. The first-order valence-corrected chi connectivity index (χ1v) is 13.9.